The first-order valence-electron chi connectivity index (χ1n) is 8.63. The van der Waals surface area contributed by atoms with Crippen LogP contribution in [0.25, 0.3) is 0 Å². The minimum Gasteiger partial charge on any atom is -0.465 e. The lowest BCUT2D eigenvalue weighted by atomic mass is 9.68. The van der Waals surface area contributed by atoms with E-state index in [9.17, 15) is 19.7 Å². The van der Waals surface area contributed by atoms with Crippen molar-refractivity contribution in [2.75, 3.05) is 13.2 Å². The number of esters is 2. The van der Waals surface area contributed by atoms with Gasteiger partial charge in [-0.1, -0.05) is 18.2 Å². The van der Waals surface area contributed by atoms with E-state index in [2.05, 4.69) is 4.99 Å². The summed E-state index contributed by atoms with van der Waals surface area (Å²) in [7, 11) is 0. The fraction of sp³-hybridized carbons (Fsp3) is 0.421. The highest BCUT2D eigenvalue weighted by atomic mass is 16.6. The lowest BCUT2D eigenvalue weighted by molar-refractivity contribution is -0.385. The van der Waals surface area contributed by atoms with Crippen molar-refractivity contribution in [1.82, 2.24) is 0 Å². The summed E-state index contributed by atoms with van der Waals surface area (Å²) >= 11 is 0. The monoisotopic (exact) mass is 374 g/mol. The van der Waals surface area contributed by atoms with E-state index in [0.717, 1.165) is 0 Å². The maximum Gasteiger partial charge on any atom is 0.337 e. The van der Waals surface area contributed by atoms with Gasteiger partial charge in [-0.15, -0.1) is 0 Å². The third-order valence-electron chi connectivity index (χ3n) is 4.33. The number of para-hydroxylation sites is 1. The molecule has 0 spiro atoms. The van der Waals surface area contributed by atoms with Crippen LogP contribution in [0.3, 0.4) is 0 Å². The van der Waals surface area contributed by atoms with Crippen LogP contribution in [0.1, 0.15) is 39.7 Å². The van der Waals surface area contributed by atoms with Gasteiger partial charge in [-0.2, -0.15) is 0 Å². The Morgan fingerprint density at radius 1 is 1.19 bits per heavy atom. The number of benzene rings is 1. The Balaban J connectivity index is 2.89. The lowest BCUT2D eigenvalue weighted by Gasteiger charge is -2.35. The van der Waals surface area contributed by atoms with E-state index in [1.54, 1.807) is 33.8 Å². The zero-order chi connectivity index (χ0) is 20.2. The number of aliphatic imine (C=N–C) groups is 1. The summed E-state index contributed by atoms with van der Waals surface area (Å²) in [6.07, 6.45) is -0.0117. The van der Waals surface area contributed by atoms with Crippen LogP contribution in [0.2, 0.25) is 0 Å². The second-order valence-electron chi connectivity index (χ2n) is 6.10. The normalized spacial score (nSPS) is 19.3. The van der Waals surface area contributed by atoms with Crippen molar-refractivity contribution in [1.29, 1.82) is 0 Å². The van der Waals surface area contributed by atoms with Crippen LogP contribution in [0.15, 0.2) is 40.5 Å². The van der Waals surface area contributed by atoms with Crippen molar-refractivity contribution in [3.05, 3.63) is 51.2 Å². The summed E-state index contributed by atoms with van der Waals surface area (Å²) in [5.41, 5.74) is -1.06. The quantitative estimate of drug-likeness (QED) is 0.430. The summed E-state index contributed by atoms with van der Waals surface area (Å²) in [5, 5.41) is 11.6. The van der Waals surface area contributed by atoms with Gasteiger partial charge in [0.1, 0.15) is 5.41 Å². The van der Waals surface area contributed by atoms with Gasteiger partial charge in [-0.25, -0.2) is 4.79 Å². The number of carbonyl (C=O) groups is 2. The summed E-state index contributed by atoms with van der Waals surface area (Å²) in [6, 6.07) is 5.86. The molecule has 0 aliphatic carbocycles. The molecule has 1 aliphatic heterocycles. The van der Waals surface area contributed by atoms with E-state index < -0.39 is 22.3 Å². The number of hydrogen-bond acceptors (Lipinski definition) is 7. The third-order valence-corrected chi connectivity index (χ3v) is 4.33. The van der Waals surface area contributed by atoms with E-state index in [4.69, 9.17) is 9.47 Å². The van der Waals surface area contributed by atoms with Crippen molar-refractivity contribution < 1.29 is 24.0 Å². The topological polar surface area (TPSA) is 108 Å². The van der Waals surface area contributed by atoms with Gasteiger partial charge in [0.25, 0.3) is 5.69 Å². The summed E-state index contributed by atoms with van der Waals surface area (Å²) in [5.74, 6) is -1.48. The average Bonchev–Trinajstić information content (AvgIpc) is 2.61. The van der Waals surface area contributed by atoms with E-state index in [0.29, 0.717) is 5.71 Å². The van der Waals surface area contributed by atoms with Gasteiger partial charge in [0, 0.05) is 23.9 Å². The fourth-order valence-electron chi connectivity index (χ4n) is 3.45. The first kappa shape index (κ1) is 20.3. The predicted octanol–water partition coefficient (Wildman–Crippen LogP) is 3.10. The van der Waals surface area contributed by atoms with Crippen LogP contribution >= 0.6 is 0 Å². The molecule has 0 fully saturated rings. The molecule has 0 N–H and O–H groups in total. The molecule has 27 heavy (non-hydrogen) atoms. The first-order chi connectivity index (χ1) is 12.8. The second-order valence-corrected chi connectivity index (χ2v) is 6.10. The molecule has 1 aliphatic rings. The minimum atomic E-state index is -1.69. The summed E-state index contributed by atoms with van der Waals surface area (Å²) in [6.45, 7) is 6.71. The zero-order valence-corrected chi connectivity index (χ0v) is 15.8. The molecule has 0 aromatic heterocycles. The molecule has 0 saturated heterocycles. The number of nitrogens with zero attached hydrogens (tertiary/aromatic N) is 2. The van der Waals surface area contributed by atoms with Gasteiger partial charge in [0.15, 0.2) is 0 Å². The maximum absolute atomic E-state index is 13.2. The molecule has 1 atom stereocenters. The van der Waals surface area contributed by atoms with E-state index in [-0.39, 0.29) is 42.2 Å². The van der Waals surface area contributed by atoms with Gasteiger partial charge in [-0.05, 0) is 27.7 Å². The van der Waals surface area contributed by atoms with Crippen LogP contribution in [0.5, 0.6) is 0 Å². The molecule has 0 saturated carbocycles. The average molecular weight is 374 g/mol. The number of rotatable bonds is 6. The fourth-order valence-corrected chi connectivity index (χ4v) is 3.45. The molecule has 0 bridgehead atoms. The molecule has 1 unspecified atom stereocenters. The van der Waals surface area contributed by atoms with Crippen molar-refractivity contribution in [2.24, 2.45) is 4.99 Å². The number of hydrogen-bond donors (Lipinski definition) is 0. The molecule has 144 valence electrons. The Kier molecular flexibility index (Phi) is 6.09. The highest BCUT2D eigenvalue weighted by molar-refractivity contribution is 6.08. The lowest BCUT2D eigenvalue weighted by Crippen LogP contribution is -2.46. The predicted molar refractivity (Wildman–Crippen MR) is 98.5 cm³/mol. The molecule has 1 heterocycles. The van der Waals surface area contributed by atoms with Crippen LogP contribution in [-0.4, -0.2) is 35.8 Å². The molecule has 0 amide bonds. The Morgan fingerprint density at radius 3 is 2.41 bits per heavy atom. The molecule has 2 rings (SSSR count). The molecule has 1 aromatic carbocycles. The molecule has 0 radical (unpaired) electrons. The number of ether oxygens (including phenoxy) is 2. The van der Waals surface area contributed by atoms with Gasteiger partial charge >= 0.3 is 11.9 Å². The highest BCUT2D eigenvalue weighted by Crippen LogP contribution is 2.46. The van der Waals surface area contributed by atoms with Crippen LogP contribution in [0, 0.1) is 10.1 Å². The smallest absolute Gasteiger partial charge is 0.337 e. The highest BCUT2D eigenvalue weighted by Gasteiger charge is 2.54. The van der Waals surface area contributed by atoms with Crippen LogP contribution in [-0.2, 0) is 24.5 Å². The molecular weight excluding hydrogens is 352 g/mol. The summed E-state index contributed by atoms with van der Waals surface area (Å²) in [4.78, 5) is 41.3. The van der Waals surface area contributed by atoms with Crippen molar-refractivity contribution >= 4 is 23.3 Å². The number of nitro groups is 1. The van der Waals surface area contributed by atoms with Crippen molar-refractivity contribution in [2.45, 2.75) is 39.5 Å². The SMILES string of the molecule is CCOC(=O)C1=C(C)N=C(C)CC1(C(=O)OCC)c1ccccc1[N+](=O)[O-]. The van der Waals surface area contributed by atoms with Crippen LogP contribution in [0.4, 0.5) is 5.69 Å². The molecule has 1 aromatic rings. The molecule has 8 heteroatoms. The first-order valence-corrected chi connectivity index (χ1v) is 8.63. The Bertz CT molecular complexity index is 842. The largest absolute Gasteiger partial charge is 0.465 e. The molecular formula is C19H22N2O6. The van der Waals surface area contributed by atoms with E-state index >= 15 is 0 Å². The van der Waals surface area contributed by atoms with Gasteiger partial charge in [0.2, 0.25) is 0 Å². The summed E-state index contributed by atoms with van der Waals surface area (Å²) < 4.78 is 10.4. The van der Waals surface area contributed by atoms with Crippen molar-refractivity contribution in [3.63, 3.8) is 0 Å². The Hall–Kier alpha value is -3.03. The third kappa shape index (κ3) is 3.60. The van der Waals surface area contributed by atoms with Gasteiger partial charge in [0.05, 0.1) is 29.3 Å². The van der Waals surface area contributed by atoms with Crippen molar-refractivity contribution in [3.8, 4) is 0 Å². The molecule has 8 nitrogen and oxygen atoms in total. The van der Waals surface area contributed by atoms with Gasteiger partial charge < -0.3 is 9.47 Å². The number of nitro benzene ring substituents is 1. The number of carbonyl (C=O) groups excluding carboxylic acids is 2. The zero-order valence-electron chi connectivity index (χ0n) is 15.8. The maximum atomic E-state index is 13.2. The second kappa shape index (κ2) is 8.11. The van der Waals surface area contributed by atoms with Crippen LogP contribution < -0.4 is 0 Å². The minimum absolute atomic E-state index is 0.0117. The van der Waals surface area contributed by atoms with E-state index in [1.807, 2.05) is 0 Å². The Morgan fingerprint density at radius 2 is 1.81 bits per heavy atom. The standard InChI is InChI=1S/C19H22N2O6/c1-5-26-17(22)16-13(4)20-12(3)11-19(16,18(23)27-6-2)14-9-7-8-10-15(14)21(24)25/h7-10H,5-6,11H2,1-4H3. The van der Waals surface area contributed by atoms with E-state index in [1.165, 1.54) is 18.2 Å². The Labute approximate surface area is 157 Å². The van der Waals surface area contributed by atoms with Gasteiger partial charge in [-0.3, -0.25) is 19.9 Å². The number of allylic oxidation sites excluding steroid dienone is 1.